The highest BCUT2D eigenvalue weighted by Crippen LogP contribution is 2.44. The van der Waals surface area contributed by atoms with E-state index in [0.29, 0.717) is 12.8 Å². The van der Waals surface area contributed by atoms with Gasteiger partial charge in [0.1, 0.15) is 5.41 Å². The maximum Gasteiger partial charge on any atom is 0.331 e. The summed E-state index contributed by atoms with van der Waals surface area (Å²) in [6, 6.07) is 1.26. The molecule has 3 rings (SSSR count). The lowest BCUT2D eigenvalue weighted by atomic mass is 9.66. The number of halogens is 1. The number of hydrogen-bond acceptors (Lipinski definition) is 4. The molecule has 7 heteroatoms. The van der Waals surface area contributed by atoms with Gasteiger partial charge < -0.3 is 0 Å². The maximum absolute atomic E-state index is 12.4. The fourth-order valence-corrected chi connectivity index (χ4v) is 3.88. The highest BCUT2D eigenvalue weighted by atomic mass is 79.9. The zero-order valence-electron chi connectivity index (χ0n) is 9.94. The van der Waals surface area contributed by atoms with Crippen LogP contribution in [0.15, 0.2) is 15.9 Å². The smallest absolute Gasteiger partial charge is 0.277 e. The third-order valence-electron chi connectivity index (χ3n) is 3.70. The number of barbiturate groups is 1. The summed E-state index contributed by atoms with van der Waals surface area (Å²) in [5.74, 6) is -0.783. The third-order valence-corrected chi connectivity index (χ3v) is 5.38. The van der Waals surface area contributed by atoms with Crippen molar-refractivity contribution in [2.75, 3.05) is 0 Å². The van der Waals surface area contributed by atoms with Gasteiger partial charge in [-0.25, -0.2) is 4.79 Å². The predicted octanol–water partition coefficient (Wildman–Crippen LogP) is 2.26. The quantitative estimate of drug-likeness (QED) is 0.838. The maximum atomic E-state index is 12.4. The Balaban J connectivity index is 1.85. The van der Waals surface area contributed by atoms with E-state index in [1.165, 1.54) is 11.3 Å². The fraction of sp³-hybridized carbons (Fsp3) is 0.417. The van der Waals surface area contributed by atoms with Crippen molar-refractivity contribution in [1.82, 2.24) is 10.2 Å². The SMILES string of the molecule is O=C1NC(=O)C2(CCC2)C(=O)N1Cc1cc(Br)cs1. The Hall–Kier alpha value is -1.21. The van der Waals surface area contributed by atoms with Gasteiger partial charge in [0.05, 0.1) is 6.54 Å². The van der Waals surface area contributed by atoms with Gasteiger partial charge in [-0.05, 0) is 34.8 Å². The summed E-state index contributed by atoms with van der Waals surface area (Å²) in [5, 5.41) is 4.19. The number of amides is 4. The zero-order chi connectivity index (χ0) is 13.6. The van der Waals surface area contributed by atoms with Crippen LogP contribution in [0.5, 0.6) is 0 Å². The van der Waals surface area contributed by atoms with Crippen LogP contribution in [0.3, 0.4) is 0 Å². The highest BCUT2D eigenvalue weighted by molar-refractivity contribution is 9.10. The number of carbonyl (C=O) groups is 3. The Morgan fingerprint density at radius 2 is 2.11 bits per heavy atom. The van der Waals surface area contributed by atoms with Crippen LogP contribution in [0.2, 0.25) is 0 Å². The van der Waals surface area contributed by atoms with E-state index in [1.807, 2.05) is 11.4 Å². The molecule has 0 unspecified atom stereocenters. The number of urea groups is 1. The number of carbonyl (C=O) groups excluding carboxylic acids is 3. The lowest BCUT2D eigenvalue weighted by molar-refractivity contribution is -0.158. The van der Waals surface area contributed by atoms with Gasteiger partial charge in [0.2, 0.25) is 11.8 Å². The lowest BCUT2D eigenvalue weighted by Crippen LogP contribution is -2.65. The largest absolute Gasteiger partial charge is 0.331 e. The second-order valence-electron chi connectivity index (χ2n) is 4.82. The Kier molecular flexibility index (Phi) is 2.98. The molecule has 1 saturated heterocycles. The first-order valence-corrected chi connectivity index (χ1v) is 7.60. The number of rotatable bonds is 2. The molecular formula is C12H11BrN2O3S. The second-order valence-corrected chi connectivity index (χ2v) is 6.73. The third kappa shape index (κ3) is 1.92. The summed E-state index contributed by atoms with van der Waals surface area (Å²) in [5.41, 5.74) is -0.984. The molecule has 1 aliphatic heterocycles. The van der Waals surface area contributed by atoms with Gasteiger partial charge in [0, 0.05) is 14.7 Å². The number of thiophene rings is 1. The van der Waals surface area contributed by atoms with Crippen molar-refractivity contribution in [1.29, 1.82) is 0 Å². The van der Waals surface area contributed by atoms with E-state index < -0.39 is 17.4 Å². The van der Waals surface area contributed by atoms with E-state index in [4.69, 9.17) is 0 Å². The Morgan fingerprint density at radius 1 is 1.37 bits per heavy atom. The van der Waals surface area contributed by atoms with Crippen LogP contribution in [-0.4, -0.2) is 22.7 Å². The van der Waals surface area contributed by atoms with E-state index in [-0.39, 0.29) is 12.5 Å². The summed E-state index contributed by atoms with van der Waals surface area (Å²) in [7, 11) is 0. The van der Waals surface area contributed by atoms with Crippen molar-refractivity contribution < 1.29 is 14.4 Å². The molecule has 1 spiro atoms. The fourth-order valence-electron chi connectivity index (χ4n) is 2.44. The van der Waals surface area contributed by atoms with E-state index in [2.05, 4.69) is 21.2 Å². The molecule has 2 fully saturated rings. The molecule has 1 saturated carbocycles. The minimum absolute atomic E-state index is 0.218. The van der Waals surface area contributed by atoms with Crippen molar-refractivity contribution in [2.24, 2.45) is 5.41 Å². The monoisotopic (exact) mass is 342 g/mol. The van der Waals surface area contributed by atoms with Crippen molar-refractivity contribution in [2.45, 2.75) is 25.8 Å². The average molecular weight is 343 g/mol. The second kappa shape index (κ2) is 4.42. The van der Waals surface area contributed by atoms with E-state index in [1.54, 1.807) is 0 Å². The summed E-state index contributed by atoms with van der Waals surface area (Å²) in [6.45, 7) is 0.218. The van der Waals surface area contributed by atoms with Gasteiger partial charge in [-0.2, -0.15) is 0 Å². The van der Waals surface area contributed by atoms with Gasteiger partial charge in [-0.15, -0.1) is 11.3 Å². The molecule has 0 atom stereocenters. The molecule has 1 N–H and O–H groups in total. The Labute approximate surface area is 122 Å². The summed E-state index contributed by atoms with van der Waals surface area (Å²) < 4.78 is 0.923. The minimum Gasteiger partial charge on any atom is -0.277 e. The van der Waals surface area contributed by atoms with Gasteiger partial charge in [0.25, 0.3) is 0 Å². The van der Waals surface area contributed by atoms with E-state index in [0.717, 1.165) is 20.7 Å². The number of nitrogens with one attached hydrogen (secondary N) is 1. The molecule has 0 bridgehead atoms. The summed E-state index contributed by atoms with van der Waals surface area (Å²) >= 11 is 4.80. The van der Waals surface area contributed by atoms with E-state index in [9.17, 15) is 14.4 Å². The van der Waals surface area contributed by atoms with Crippen LogP contribution in [0.4, 0.5) is 4.79 Å². The van der Waals surface area contributed by atoms with E-state index >= 15 is 0 Å². The molecule has 5 nitrogen and oxygen atoms in total. The molecule has 1 aromatic rings. The molecule has 19 heavy (non-hydrogen) atoms. The van der Waals surface area contributed by atoms with Crippen LogP contribution in [0, 0.1) is 5.41 Å². The predicted molar refractivity (Wildman–Crippen MR) is 72.4 cm³/mol. The topological polar surface area (TPSA) is 66.5 Å². The molecule has 1 aromatic heterocycles. The molecule has 100 valence electrons. The molecule has 4 amide bonds. The Morgan fingerprint density at radius 3 is 2.63 bits per heavy atom. The first kappa shape index (κ1) is 12.8. The molecule has 2 aliphatic rings. The lowest BCUT2D eigenvalue weighted by Gasteiger charge is -2.44. The van der Waals surface area contributed by atoms with Gasteiger partial charge in [0.15, 0.2) is 0 Å². The minimum atomic E-state index is -0.984. The van der Waals surface area contributed by atoms with Crippen LogP contribution in [-0.2, 0) is 16.1 Å². The van der Waals surface area contributed by atoms with Crippen molar-refractivity contribution >= 4 is 45.1 Å². The molecule has 1 aliphatic carbocycles. The molecule has 2 heterocycles. The van der Waals surface area contributed by atoms with Crippen LogP contribution in [0.1, 0.15) is 24.1 Å². The van der Waals surface area contributed by atoms with Crippen molar-refractivity contribution in [3.05, 3.63) is 20.8 Å². The number of nitrogens with zero attached hydrogens (tertiary/aromatic N) is 1. The van der Waals surface area contributed by atoms with Crippen molar-refractivity contribution in [3.8, 4) is 0 Å². The number of hydrogen-bond donors (Lipinski definition) is 1. The Bertz CT molecular complexity index is 579. The summed E-state index contributed by atoms with van der Waals surface area (Å²) in [4.78, 5) is 38.1. The molecule has 0 aromatic carbocycles. The van der Waals surface area contributed by atoms with Crippen LogP contribution >= 0.6 is 27.3 Å². The van der Waals surface area contributed by atoms with Crippen molar-refractivity contribution in [3.63, 3.8) is 0 Å². The standard InChI is InChI=1S/C12H11BrN2O3S/c13-7-4-8(19-6-7)5-15-10(17)12(2-1-3-12)9(16)14-11(15)18/h4,6H,1-3,5H2,(H,14,16,18). The summed E-state index contributed by atoms with van der Waals surface area (Å²) in [6.07, 6.45) is 1.93. The zero-order valence-corrected chi connectivity index (χ0v) is 12.3. The first-order valence-electron chi connectivity index (χ1n) is 5.93. The number of imide groups is 2. The van der Waals surface area contributed by atoms with Crippen LogP contribution in [0.25, 0.3) is 0 Å². The van der Waals surface area contributed by atoms with Gasteiger partial charge in [-0.1, -0.05) is 6.42 Å². The van der Waals surface area contributed by atoms with Gasteiger partial charge in [-0.3, -0.25) is 19.8 Å². The molecule has 0 radical (unpaired) electrons. The highest BCUT2D eigenvalue weighted by Gasteiger charge is 2.57. The molecular weight excluding hydrogens is 332 g/mol. The first-order chi connectivity index (χ1) is 9.03. The van der Waals surface area contributed by atoms with Gasteiger partial charge >= 0.3 is 6.03 Å². The average Bonchev–Trinajstić information content (AvgIpc) is 2.68. The van der Waals surface area contributed by atoms with Crippen LogP contribution < -0.4 is 5.32 Å². The normalized spacial score (nSPS) is 21.5.